The molecule has 0 aliphatic rings. The Kier molecular flexibility index (Phi) is 4.69. The highest BCUT2D eigenvalue weighted by Gasteiger charge is 2.13. The third kappa shape index (κ3) is 3.94. The van der Waals surface area contributed by atoms with Crippen molar-refractivity contribution in [1.82, 2.24) is 9.97 Å². The number of thiazole rings is 1. The first-order valence-electron chi connectivity index (χ1n) is 7.04. The monoisotopic (exact) mass is 343 g/mol. The number of nitrogens with one attached hydrogen (secondary N) is 1. The van der Waals surface area contributed by atoms with Crippen LogP contribution in [0.3, 0.4) is 0 Å². The van der Waals surface area contributed by atoms with Gasteiger partial charge in [0.15, 0.2) is 0 Å². The van der Waals surface area contributed by atoms with Crippen molar-refractivity contribution in [2.24, 2.45) is 0 Å². The molecule has 0 aliphatic heterocycles. The second kappa shape index (κ2) is 6.89. The van der Waals surface area contributed by atoms with E-state index in [2.05, 4.69) is 15.3 Å². The topological polar surface area (TPSA) is 54.9 Å². The number of halogens is 1. The molecule has 4 nitrogen and oxygen atoms in total. The van der Waals surface area contributed by atoms with E-state index < -0.39 is 0 Å². The molecular weight excluding hydrogens is 330 g/mol. The van der Waals surface area contributed by atoms with Crippen LogP contribution in [0.15, 0.2) is 48.8 Å². The molecule has 116 valence electrons. The number of carbonyl (C=O) groups excluding carboxylic acids is 1. The van der Waals surface area contributed by atoms with E-state index in [9.17, 15) is 4.79 Å². The van der Waals surface area contributed by atoms with Gasteiger partial charge in [0.05, 0.1) is 12.1 Å². The minimum Gasteiger partial charge on any atom is -0.326 e. The highest BCUT2D eigenvalue weighted by molar-refractivity contribution is 7.15. The fraction of sp³-hybridized carbons (Fsp3) is 0.118. The van der Waals surface area contributed by atoms with Gasteiger partial charge in [-0.2, -0.15) is 0 Å². The van der Waals surface area contributed by atoms with Gasteiger partial charge in [0.1, 0.15) is 5.01 Å². The van der Waals surface area contributed by atoms with Crippen molar-refractivity contribution in [1.29, 1.82) is 0 Å². The molecule has 0 atom stereocenters. The zero-order chi connectivity index (χ0) is 16.2. The number of aryl methyl sites for hydroxylation is 1. The van der Waals surface area contributed by atoms with Crippen LogP contribution in [0.4, 0.5) is 5.69 Å². The number of amides is 1. The van der Waals surface area contributed by atoms with Crippen molar-refractivity contribution in [3.63, 3.8) is 0 Å². The molecule has 0 unspecified atom stereocenters. The molecule has 0 bridgehead atoms. The second-order valence-electron chi connectivity index (χ2n) is 5.00. The van der Waals surface area contributed by atoms with Gasteiger partial charge in [0, 0.05) is 33.5 Å². The summed E-state index contributed by atoms with van der Waals surface area (Å²) in [5.41, 5.74) is 2.52. The maximum absolute atomic E-state index is 12.2. The number of aromatic nitrogens is 2. The Hall–Kier alpha value is -2.24. The normalized spacial score (nSPS) is 10.5. The predicted octanol–water partition coefficient (Wildman–Crippen LogP) is 4.35. The van der Waals surface area contributed by atoms with Gasteiger partial charge in [0.25, 0.3) is 0 Å². The lowest BCUT2D eigenvalue weighted by molar-refractivity contribution is -0.115. The highest BCUT2D eigenvalue weighted by Crippen LogP contribution is 2.27. The molecule has 0 saturated carbocycles. The molecular formula is C17H14ClN3OS. The van der Waals surface area contributed by atoms with Gasteiger partial charge in [-0.25, -0.2) is 4.98 Å². The first-order chi connectivity index (χ1) is 11.1. The van der Waals surface area contributed by atoms with Crippen LogP contribution < -0.4 is 5.32 Å². The number of anilines is 1. The Morgan fingerprint density at radius 1 is 1.30 bits per heavy atom. The number of hydrogen-bond donors (Lipinski definition) is 1. The molecule has 3 rings (SSSR count). The quantitative estimate of drug-likeness (QED) is 0.766. The molecule has 0 spiro atoms. The van der Waals surface area contributed by atoms with Crippen molar-refractivity contribution in [2.45, 2.75) is 13.3 Å². The van der Waals surface area contributed by atoms with E-state index >= 15 is 0 Å². The summed E-state index contributed by atoms with van der Waals surface area (Å²) in [5.74, 6) is -0.0863. The number of hydrogen-bond acceptors (Lipinski definition) is 4. The van der Waals surface area contributed by atoms with E-state index in [4.69, 9.17) is 11.6 Å². The Bertz CT molecular complexity index is 833. The average molecular weight is 344 g/mol. The lowest BCUT2D eigenvalue weighted by atomic mass is 10.2. The maximum atomic E-state index is 12.2. The summed E-state index contributed by atoms with van der Waals surface area (Å²) in [6.45, 7) is 1.92. The Morgan fingerprint density at radius 3 is 2.91 bits per heavy atom. The zero-order valence-corrected chi connectivity index (χ0v) is 14.0. The van der Waals surface area contributed by atoms with Crippen LogP contribution in [0.25, 0.3) is 10.6 Å². The van der Waals surface area contributed by atoms with Crippen LogP contribution in [0.2, 0.25) is 5.02 Å². The van der Waals surface area contributed by atoms with Gasteiger partial charge in [-0.3, -0.25) is 9.78 Å². The number of nitrogens with zero attached hydrogens (tertiary/aromatic N) is 2. The van der Waals surface area contributed by atoms with Crippen molar-refractivity contribution in [3.05, 3.63) is 64.4 Å². The van der Waals surface area contributed by atoms with Gasteiger partial charge >= 0.3 is 0 Å². The summed E-state index contributed by atoms with van der Waals surface area (Å²) in [6, 6.07) is 10.9. The summed E-state index contributed by atoms with van der Waals surface area (Å²) in [6.07, 6.45) is 3.79. The molecule has 1 aromatic carbocycles. The summed E-state index contributed by atoms with van der Waals surface area (Å²) < 4.78 is 0. The van der Waals surface area contributed by atoms with E-state index in [1.54, 1.807) is 30.6 Å². The Balaban J connectivity index is 1.73. The van der Waals surface area contributed by atoms with Gasteiger partial charge in [-0.1, -0.05) is 17.7 Å². The van der Waals surface area contributed by atoms with Gasteiger partial charge < -0.3 is 5.32 Å². The first-order valence-corrected chi connectivity index (χ1v) is 8.23. The minimum atomic E-state index is -0.0863. The van der Waals surface area contributed by atoms with E-state index in [1.165, 1.54) is 11.3 Å². The van der Waals surface area contributed by atoms with Crippen LogP contribution in [0, 0.1) is 6.92 Å². The molecule has 0 aliphatic carbocycles. The van der Waals surface area contributed by atoms with Crippen LogP contribution in [-0.2, 0) is 11.2 Å². The van der Waals surface area contributed by atoms with Crippen molar-refractivity contribution in [3.8, 4) is 10.6 Å². The summed E-state index contributed by atoms with van der Waals surface area (Å²) in [4.78, 5) is 21.8. The Labute approximate surface area is 143 Å². The number of benzene rings is 1. The van der Waals surface area contributed by atoms with E-state index in [-0.39, 0.29) is 12.3 Å². The van der Waals surface area contributed by atoms with E-state index in [0.717, 1.165) is 21.1 Å². The third-order valence-corrected chi connectivity index (χ3v) is 4.67. The first kappa shape index (κ1) is 15.6. The SMILES string of the molecule is Cc1nc(-c2cccnc2)sc1CC(=O)Nc1cccc(Cl)c1. The molecule has 1 N–H and O–H groups in total. The summed E-state index contributed by atoms with van der Waals surface area (Å²) >= 11 is 7.44. The molecule has 1 amide bonds. The summed E-state index contributed by atoms with van der Waals surface area (Å²) in [5, 5.41) is 4.32. The lowest BCUT2D eigenvalue weighted by Gasteiger charge is -2.04. The zero-order valence-electron chi connectivity index (χ0n) is 12.4. The molecule has 0 radical (unpaired) electrons. The standard InChI is InChI=1S/C17H14ClN3OS/c1-11-15(23-17(20-11)12-4-3-7-19-10-12)9-16(22)21-14-6-2-5-13(18)8-14/h2-8,10H,9H2,1H3,(H,21,22). The van der Waals surface area contributed by atoms with Gasteiger partial charge in [-0.15, -0.1) is 11.3 Å². The average Bonchev–Trinajstić information content (AvgIpc) is 2.89. The molecule has 23 heavy (non-hydrogen) atoms. The van der Waals surface area contributed by atoms with Crippen LogP contribution in [-0.4, -0.2) is 15.9 Å². The number of pyridine rings is 1. The largest absolute Gasteiger partial charge is 0.326 e. The van der Waals surface area contributed by atoms with E-state index in [1.807, 2.05) is 25.1 Å². The van der Waals surface area contributed by atoms with Crippen molar-refractivity contribution in [2.75, 3.05) is 5.32 Å². The van der Waals surface area contributed by atoms with Crippen LogP contribution in [0.5, 0.6) is 0 Å². The van der Waals surface area contributed by atoms with Crippen LogP contribution >= 0.6 is 22.9 Å². The van der Waals surface area contributed by atoms with Crippen LogP contribution in [0.1, 0.15) is 10.6 Å². The third-order valence-electron chi connectivity index (χ3n) is 3.23. The molecule has 0 fully saturated rings. The molecule has 3 aromatic rings. The molecule has 0 saturated heterocycles. The highest BCUT2D eigenvalue weighted by atomic mass is 35.5. The number of rotatable bonds is 4. The van der Waals surface area contributed by atoms with Crippen molar-refractivity contribution < 1.29 is 4.79 Å². The van der Waals surface area contributed by atoms with Gasteiger partial charge in [0.2, 0.25) is 5.91 Å². The molecule has 2 heterocycles. The fourth-order valence-corrected chi connectivity index (χ4v) is 3.36. The molecule has 6 heteroatoms. The number of carbonyl (C=O) groups is 1. The van der Waals surface area contributed by atoms with E-state index in [0.29, 0.717) is 10.7 Å². The fourth-order valence-electron chi connectivity index (χ4n) is 2.12. The van der Waals surface area contributed by atoms with Crippen molar-refractivity contribution >= 4 is 34.5 Å². The predicted molar refractivity (Wildman–Crippen MR) is 93.9 cm³/mol. The Morgan fingerprint density at radius 2 is 2.17 bits per heavy atom. The summed E-state index contributed by atoms with van der Waals surface area (Å²) in [7, 11) is 0. The smallest absolute Gasteiger partial charge is 0.229 e. The van der Waals surface area contributed by atoms with Gasteiger partial charge in [-0.05, 0) is 37.3 Å². The lowest BCUT2D eigenvalue weighted by Crippen LogP contribution is -2.14. The second-order valence-corrected chi connectivity index (χ2v) is 6.52. The minimum absolute atomic E-state index is 0.0863. The maximum Gasteiger partial charge on any atom is 0.229 e. The molecule has 2 aromatic heterocycles.